The fourth-order valence-corrected chi connectivity index (χ4v) is 5.23. The quantitative estimate of drug-likeness (QED) is 0.665. The summed E-state index contributed by atoms with van der Waals surface area (Å²) in [4.78, 5) is 15.3. The molecule has 1 amide bonds. The number of carbonyl (C=O) groups is 1. The van der Waals surface area contributed by atoms with Crippen LogP contribution in [0.15, 0.2) is 24.3 Å². The third kappa shape index (κ3) is 5.88. The fourth-order valence-electron chi connectivity index (χ4n) is 3.66. The minimum atomic E-state index is -4.36. The summed E-state index contributed by atoms with van der Waals surface area (Å²) < 4.78 is 71.7. The lowest BCUT2D eigenvalue weighted by Crippen LogP contribution is -2.57. The number of hydrogen-bond acceptors (Lipinski definition) is 5. The van der Waals surface area contributed by atoms with Crippen LogP contribution in [-0.4, -0.2) is 91.9 Å². The molecular weight excluding hydrogens is 437 g/mol. The molecule has 2 heterocycles. The highest BCUT2D eigenvalue weighted by Gasteiger charge is 2.35. The van der Waals surface area contributed by atoms with Crippen molar-refractivity contribution < 1.29 is 31.1 Å². The van der Waals surface area contributed by atoms with Crippen LogP contribution in [-0.2, 0) is 27.7 Å². The first-order valence-corrected chi connectivity index (χ1v) is 11.6. The van der Waals surface area contributed by atoms with E-state index >= 15 is 0 Å². The molecule has 0 N–H and O–H groups in total. The van der Waals surface area contributed by atoms with Crippen molar-refractivity contribution >= 4 is 16.3 Å². The zero-order valence-electron chi connectivity index (χ0n) is 17.3. The summed E-state index contributed by atoms with van der Waals surface area (Å²) in [5.41, 5.74) is 0.0645. The summed E-state index contributed by atoms with van der Waals surface area (Å²) in [7, 11) is -3.63. The zero-order chi connectivity index (χ0) is 22.6. The van der Waals surface area contributed by atoms with Crippen LogP contribution in [0.5, 0.6) is 0 Å². The van der Waals surface area contributed by atoms with E-state index in [9.17, 15) is 26.4 Å². The summed E-state index contributed by atoms with van der Waals surface area (Å²) in [6.07, 6.45) is -4.79. The molecule has 2 saturated heterocycles. The van der Waals surface area contributed by atoms with E-state index in [0.29, 0.717) is 32.7 Å². The van der Waals surface area contributed by atoms with Crippen LogP contribution in [0.4, 0.5) is 18.0 Å². The third-order valence-corrected chi connectivity index (χ3v) is 7.47. The van der Waals surface area contributed by atoms with E-state index in [0.717, 1.165) is 17.7 Å². The van der Waals surface area contributed by atoms with Crippen LogP contribution in [0, 0.1) is 0 Å². The Balaban J connectivity index is 1.49. The number of rotatable bonds is 5. The predicted molar refractivity (Wildman–Crippen MR) is 107 cm³/mol. The molecule has 8 nitrogen and oxygen atoms in total. The molecule has 31 heavy (non-hydrogen) atoms. The lowest BCUT2D eigenvalue weighted by atomic mass is 10.1. The Morgan fingerprint density at radius 3 is 1.94 bits per heavy atom. The molecule has 2 fully saturated rings. The first-order chi connectivity index (χ1) is 14.6. The Hall–Kier alpha value is -1.89. The van der Waals surface area contributed by atoms with Crippen molar-refractivity contribution in [1.82, 2.24) is 18.4 Å². The maximum atomic E-state index is 12.9. The number of ether oxygens (including phenoxy) is 1. The molecule has 0 unspecified atom stereocenters. The molecule has 0 atom stereocenters. The van der Waals surface area contributed by atoms with Gasteiger partial charge in [0.2, 0.25) is 0 Å². The molecule has 0 bridgehead atoms. The lowest BCUT2D eigenvalue weighted by molar-refractivity contribution is -0.137. The normalized spacial score (nSPS) is 20.1. The van der Waals surface area contributed by atoms with Gasteiger partial charge in [-0.05, 0) is 24.6 Å². The maximum absolute atomic E-state index is 12.9. The Bertz CT molecular complexity index is 848. The van der Waals surface area contributed by atoms with E-state index in [1.165, 1.54) is 25.6 Å². The van der Waals surface area contributed by atoms with Crippen molar-refractivity contribution in [3.8, 4) is 0 Å². The van der Waals surface area contributed by atoms with Crippen molar-refractivity contribution in [3.63, 3.8) is 0 Å². The second kappa shape index (κ2) is 9.72. The van der Waals surface area contributed by atoms with Gasteiger partial charge in [-0.1, -0.05) is 12.1 Å². The number of benzene rings is 1. The molecule has 0 saturated carbocycles. The summed E-state index contributed by atoms with van der Waals surface area (Å²) in [6, 6.07) is 5.03. The number of alkyl halides is 3. The average molecular weight is 465 g/mol. The number of hydrogen-bond donors (Lipinski definition) is 0. The maximum Gasteiger partial charge on any atom is 0.416 e. The van der Waals surface area contributed by atoms with E-state index in [-0.39, 0.29) is 32.8 Å². The summed E-state index contributed by atoms with van der Waals surface area (Å²) in [5, 5.41) is 0. The van der Waals surface area contributed by atoms with Gasteiger partial charge in [0.25, 0.3) is 10.2 Å². The van der Waals surface area contributed by atoms with Crippen molar-refractivity contribution in [2.75, 3.05) is 59.0 Å². The van der Waals surface area contributed by atoms with E-state index in [1.807, 2.05) is 4.90 Å². The van der Waals surface area contributed by atoms with Gasteiger partial charge in [-0.25, -0.2) is 4.79 Å². The van der Waals surface area contributed by atoms with E-state index in [2.05, 4.69) is 0 Å². The third-order valence-electron chi connectivity index (χ3n) is 5.44. The lowest BCUT2D eigenvalue weighted by Gasteiger charge is -2.39. The van der Waals surface area contributed by atoms with Gasteiger partial charge in [0.05, 0.1) is 12.2 Å². The minimum absolute atomic E-state index is 0.215. The van der Waals surface area contributed by atoms with Gasteiger partial charge in [0.1, 0.15) is 0 Å². The van der Waals surface area contributed by atoms with Gasteiger partial charge >= 0.3 is 12.3 Å². The van der Waals surface area contributed by atoms with Crippen molar-refractivity contribution in [2.24, 2.45) is 0 Å². The molecule has 0 spiro atoms. The monoisotopic (exact) mass is 464 g/mol. The number of halogens is 3. The summed E-state index contributed by atoms with van der Waals surface area (Å²) >= 11 is 0. The zero-order valence-corrected chi connectivity index (χ0v) is 18.2. The van der Waals surface area contributed by atoms with Crippen molar-refractivity contribution in [1.29, 1.82) is 0 Å². The highest BCUT2D eigenvalue weighted by molar-refractivity contribution is 7.86. The molecule has 2 aliphatic heterocycles. The molecule has 2 aliphatic rings. The second-order valence-corrected chi connectivity index (χ2v) is 9.39. The van der Waals surface area contributed by atoms with E-state index in [1.54, 1.807) is 6.92 Å². The molecular formula is C19H27F3N4O4S. The molecule has 3 rings (SSSR count). The molecule has 1 aromatic carbocycles. The number of nitrogens with zero attached hydrogens (tertiary/aromatic N) is 4. The van der Waals surface area contributed by atoms with Crippen LogP contribution < -0.4 is 0 Å². The van der Waals surface area contributed by atoms with Gasteiger partial charge in [0.15, 0.2) is 0 Å². The molecule has 174 valence electrons. The SMILES string of the molecule is CCOC(=O)N1CCN(S(=O)(=O)N2CCN(Cc3ccc(C(F)(F)F)cc3)CC2)CC1. The largest absolute Gasteiger partial charge is 0.450 e. The van der Waals surface area contributed by atoms with Crippen LogP contribution in [0.3, 0.4) is 0 Å². The Morgan fingerprint density at radius 2 is 1.45 bits per heavy atom. The Morgan fingerprint density at radius 1 is 0.935 bits per heavy atom. The van der Waals surface area contributed by atoms with Gasteiger partial charge in [-0.15, -0.1) is 0 Å². The number of piperazine rings is 2. The fraction of sp³-hybridized carbons (Fsp3) is 0.632. The van der Waals surface area contributed by atoms with E-state index in [4.69, 9.17) is 4.74 Å². The number of amides is 1. The number of carbonyl (C=O) groups excluding carboxylic acids is 1. The van der Waals surface area contributed by atoms with Gasteiger partial charge in [0, 0.05) is 58.9 Å². The predicted octanol–water partition coefficient (Wildman–Crippen LogP) is 1.84. The molecule has 0 aromatic heterocycles. The van der Waals surface area contributed by atoms with Gasteiger partial charge < -0.3 is 9.64 Å². The average Bonchev–Trinajstić information content (AvgIpc) is 2.74. The van der Waals surface area contributed by atoms with Crippen molar-refractivity contribution in [3.05, 3.63) is 35.4 Å². The van der Waals surface area contributed by atoms with Crippen molar-refractivity contribution in [2.45, 2.75) is 19.6 Å². The summed E-state index contributed by atoms with van der Waals surface area (Å²) in [6.45, 7) is 5.04. The molecule has 12 heteroatoms. The van der Waals surface area contributed by atoms with Gasteiger partial charge in [-0.3, -0.25) is 4.90 Å². The minimum Gasteiger partial charge on any atom is -0.450 e. The first kappa shape index (κ1) is 23.8. The molecule has 0 aliphatic carbocycles. The Kier molecular flexibility index (Phi) is 7.45. The molecule has 1 aromatic rings. The second-order valence-electron chi connectivity index (χ2n) is 7.46. The van der Waals surface area contributed by atoms with Crippen LogP contribution in [0.25, 0.3) is 0 Å². The highest BCUT2D eigenvalue weighted by atomic mass is 32.2. The van der Waals surface area contributed by atoms with Crippen LogP contribution in [0.2, 0.25) is 0 Å². The van der Waals surface area contributed by atoms with Crippen LogP contribution >= 0.6 is 0 Å². The van der Waals surface area contributed by atoms with Gasteiger partial charge in [-0.2, -0.15) is 30.2 Å². The smallest absolute Gasteiger partial charge is 0.416 e. The van der Waals surface area contributed by atoms with Crippen LogP contribution in [0.1, 0.15) is 18.1 Å². The summed E-state index contributed by atoms with van der Waals surface area (Å²) in [5.74, 6) is 0. The highest BCUT2D eigenvalue weighted by Crippen LogP contribution is 2.29. The molecule has 0 radical (unpaired) electrons. The Labute approximate surface area is 180 Å². The van der Waals surface area contributed by atoms with E-state index < -0.39 is 28.0 Å². The first-order valence-electron chi connectivity index (χ1n) is 10.2. The standard InChI is InChI=1S/C19H27F3N4O4S/c1-2-30-18(27)24-9-13-26(14-10-24)31(28,29)25-11-7-23(8-12-25)15-16-3-5-17(6-4-16)19(20,21)22/h3-6H,2,7-15H2,1H3. The topological polar surface area (TPSA) is 73.4 Å².